The van der Waals surface area contributed by atoms with E-state index in [1.54, 1.807) is 4.52 Å². The zero-order valence-corrected chi connectivity index (χ0v) is 13.6. The molecule has 0 unspecified atom stereocenters. The highest BCUT2D eigenvalue weighted by Gasteiger charge is 2.19. The average molecular weight is 358 g/mol. The number of nitrogens with zero attached hydrogens (tertiary/aromatic N) is 4. The summed E-state index contributed by atoms with van der Waals surface area (Å²) in [6, 6.07) is 10.7. The molecule has 6 heteroatoms. The topological polar surface area (TPSA) is 59.4 Å². The van der Waals surface area contributed by atoms with Crippen molar-refractivity contribution in [1.82, 2.24) is 19.5 Å². The van der Waals surface area contributed by atoms with Gasteiger partial charge in [-0.3, -0.25) is 4.90 Å². The van der Waals surface area contributed by atoms with Crippen LogP contribution in [0.1, 0.15) is 16.7 Å². The number of nitrogen functional groups attached to an aromatic ring is 1. The molecule has 1 aliphatic rings. The Morgan fingerprint density at radius 3 is 2.91 bits per heavy atom. The third-order valence-corrected chi connectivity index (χ3v) is 4.79. The van der Waals surface area contributed by atoms with Crippen molar-refractivity contribution < 1.29 is 0 Å². The molecule has 1 aliphatic heterocycles. The first kappa shape index (κ1) is 13.7. The van der Waals surface area contributed by atoms with E-state index in [9.17, 15) is 0 Å². The van der Waals surface area contributed by atoms with Gasteiger partial charge >= 0.3 is 0 Å². The quantitative estimate of drug-likeness (QED) is 0.765. The van der Waals surface area contributed by atoms with Crippen LogP contribution in [0.5, 0.6) is 0 Å². The first-order valence-electron chi connectivity index (χ1n) is 7.28. The van der Waals surface area contributed by atoms with Crippen molar-refractivity contribution in [2.75, 3.05) is 12.3 Å². The molecule has 4 rings (SSSR count). The summed E-state index contributed by atoms with van der Waals surface area (Å²) in [5, 5.41) is 4.25. The molecule has 1 aromatic carbocycles. The Bertz CT molecular complexity index is 842. The molecule has 2 N–H and O–H groups in total. The summed E-state index contributed by atoms with van der Waals surface area (Å²) in [5.74, 6) is 0.521. The summed E-state index contributed by atoms with van der Waals surface area (Å²) in [6.45, 7) is 2.87. The van der Waals surface area contributed by atoms with E-state index in [2.05, 4.69) is 61.2 Å². The molecule has 0 saturated heterocycles. The highest BCUT2D eigenvalue weighted by atomic mass is 79.9. The third-order valence-electron chi connectivity index (χ3n) is 4.22. The van der Waals surface area contributed by atoms with Crippen molar-refractivity contribution in [1.29, 1.82) is 0 Å². The van der Waals surface area contributed by atoms with E-state index in [-0.39, 0.29) is 0 Å². The van der Waals surface area contributed by atoms with Gasteiger partial charge in [0.25, 0.3) is 0 Å². The monoisotopic (exact) mass is 357 g/mol. The third kappa shape index (κ3) is 2.28. The molecule has 0 atom stereocenters. The second-order valence-corrected chi connectivity index (χ2v) is 6.44. The molecule has 0 aliphatic carbocycles. The molecule has 0 fully saturated rings. The maximum absolute atomic E-state index is 6.04. The van der Waals surface area contributed by atoms with Crippen LogP contribution in [0.3, 0.4) is 0 Å². The number of hydrogen-bond acceptors (Lipinski definition) is 4. The lowest BCUT2D eigenvalue weighted by molar-refractivity contribution is 0.246. The maximum atomic E-state index is 6.04. The molecule has 0 bridgehead atoms. The minimum atomic E-state index is 0.521. The van der Waals surface area contributed by atoms with Crippen LogP contribution in [0.15, 0.2) is 41.3 Å². The number of nitrogens with two attached hydrogens (primary N) is 1. The van der Waals surface area contributed by atoms with Crippen molar-refractivity contribution >= 4 is 27.3 Å². The van der Waals surface area contributed by atoms with Crippen molar-refractivity contribution in [3.63, 3.8) is 0 Å². The number of aromatic nitrogens is 3. The normalized spacial score (nSPS) is 15.1. The van der Waals surface area contributed by atoms with Gasteiger partial charge in [-0.05, 0) is 45.1 Å². The molecule has 3 aromatic rings. The van der Waals surface area contributed by atoms with Crippen LogP contribution in [0.25, 0.3) is 5.52 Å². The first-order valence-corrected chi connectivity index (χ1v) is 8.07. The van der Waals surface area contributed by atoms with Gasteiger partial charge in [-0.1, -0.05) is 24.3 Å². The van der Waals surface area contributed by atoms with Crippen LogP contribution < -0.4 is 5.73 Å². The van der Waals surface area contributed by atoms with Crippen LogP contribution in [-0.4, -0.2) is 26.0 Å². The Labute approximate surface area is 136 Å². The van der Waals surface area contributed by atoms with E-state index in [1.165, 1.54) is 17.5 Å². The smallest absolute Gasteiger partial charge is 0.151 e. The fourth-order valence-corrected chi connectivity index (χ4v) is 3.70. The van der Waals surface area contributed by atoms with Gasteiger partial charge in [0.15, 0.2) is 5.82 Å². The van der Waals surface area contributed by atoms with Gasteiger partial charge in [-0.2, -0.15) is 5.10 Å². The fourth-order valence-electron chi connectivity index (χ4n) is 3.15. The van der Waals surface area contributed by atoms with Gasteiger partial charge in [0, 0.05) is 19.6 Å². The highest BCUT2D eigenvalue weighted by Crippen LogP contribution is 2.27. The summed E-state index contributed by atoms with van der Waals surface area (Å²) < 4.78 is 2.71. The second-order valence-electron chi connectivity index (χ2n) is 5.63. The largest absolute Gasteiger partial charge is 0.382 e. The van der Waals surface area contributed by atoms with Crippen molar-refractivity contribution in [2.24, 2.45) is 0 Å². The predicted molar refractivity (Wildman–Crippen MR) is 89.4 cm³/mol. The van der Waals surface area contributed by atoms with Gasteiger partial charge < -0.3 is 5.73 Å². The van der Waals surface area contributed by atoms with Crippen LogP contribution in [0.2, 0.25) is 0 Å². The maximum Gasteiger partial charge on any atom is 0.151 e. The van der Waals surface area contributed by atoms with E-state index >= 15 is 0 Å². The fraction of sp³-hybridized carbons (Fsp3) is 0.250. The van der Waals surface area contributed by atoms with E-state index in [0.29, 0.717) is 5.82 Å². The first-order chi connectivity index (χ1) is 10.7. The Balaban J connectivity index is 1.65. The average Bonchev–Trinajstić information content (AvgIpc) is 2.85. The lowest BCUT2D eigenvalue weighted by Gasteiger charge is -2.28. The number of halogens is 1. The van der Waals surface area contributed by atoms with Crippen molar-refractivity contribution in [2.45, 2.75) is 19.5 Å². The zero-order chi connectivity index (χ0) is 15.1. The van der Waals surface area contributed by atoms with Crippen LogP contribution in [0, 0.1) is 0 Å². The molecule has 2 aromatic heterocycles. The minimum absolute atomic E-state index is 0.521. The molecular formula is C16H16BrN5. The molecule has 112 valence electrons. The van der Waals surface area contributed by atoms with Crippen LogP contribution in [0.4, 0.5) is 5.82 Å². The summed E-state index contributed by atoms with van der Waals surface area (Å²) in [5.41, 5.74) is 11.0. The SMILES string of the molecule is Nc1ncnn2c(Br)cc(CN3CCc4ccccc4C3)c12. The number of benzene rings is 1. The van der Waals surface area contributed by atoms with E-state index < -0.39 is 0 Å². The molecule has 0 amide bonds. The van der Waals surface area contributed by atoms with E-state index in [4.69, 9.17) is 5.73 Å². The summed E-state index contributed by atoms with van der Waals surface area (Å²) in [4.78, 5) is 6.56. The van der Waals surface area contributed by atoms with Crippen LogP contribution >= 0.6 is 15.9 Å². The Hall–Kier alpha value is -1.92. The molecule has 5 nitrogen and oxygen atoms in total. The predicted octanol–water partition coefficient (Wildman–Crippen LogP) is 2.63. The summed E-state index contributed by atoms with van der Waals surface area (Å²) >= 11 is 3.54. The van der Waals surface area contributed by atoms with E-state index in [0.717, 1.165) is 41.7 Å². The molecule has 0 radical (unpaired) electrons. The Morgan fingerprint density at radius 2 is 2.05 bits per heavy atom. The van der Waals surface area contributed by atoms with E-state index in [1.807, 2.05) is 0 Å². The lowest BCUT2D eigenvalue weighted by atomic mass is 9.99. The van der Waals surface area contributed by atoms with Gasteiger partial charge in [-0.15, -0.1) is 0 Å². The molecule has 22 heavy (non-hydrogen) atoms. The van der Waals surface area contributed by atoms with Gasteiger partial charge in [-0.25, -0.2) is 9.50 Å². The van der Waals surface area contributed by atoms with Crippen LogP contribution in [-0.2, 0) is 19.5 Å². The molecule has 3 heterocycles. The molecule has 0 spiro atoms. The van der Waals surface area contributed by atoms with Gasteiger partial charge in [0.2, 0.25) is 0 Å². The highest BCUT2D eigenvalue weighted by molar-refractivity contribution is 9.10. The zero-order valence-electron chi connectivity index (χ0n) is 12.0. The van der Waals surface area contributed by atoms with Crippen molar-refractivity contribution in [3.8, 4) is 0 Å². The molecule has 0 saturated carbocycles. The summed E-state index contributed by atoms with van der Waals surface area (Å²) in [6.07, 6.45) is 2.57. The van der Waals surface area contributed by atoms with Gasteiger partial charge in [0.1, 0.15) is 16.4 Å². The number of rotatable bonds is 2. The molecular weight excluding hydrogens is 342 g/mol. The summed E-state index contributed by atoms with van der Waals surface area (Å²) in [7, 11) is 0. The Kier molecular flexibility index (Phi) is 3.35. The second kappa shape index (κ2) is 5.37. The minimum Gasteiger partial charge on any atom is -0.382 e. The lowest BCUT2D eigenvalue weighted by Crippen LogP contribution is -2.30. The number of hydrogen-bond donors (Lipinski definition) is 1. The number of anilines is 1. The standard InChI is InChI=1S/C16H16BrN5/c17-14-7-13(15-16(18)19-10-20-22(14)15)9-21-6-5-11-3-1-2-4-12(11)8-21/h1-4,7,10H,5-6,8-9H2,(H2,18,19,20). The number of fused-ring (bicyclic) bond motifs is 2. The van der Waals surface area contributed by atoms with Crippen molar-refractivity contribution in [3.05, 3.63) is 58.0 Å². The van der Waals surface area contributed by atoms with Gasteiger partial charge in [0.05, 0.1) is 0 Å². The Morgan fingerprint density at radius 1 is 1.23 bits per heavy atom.